The van der Waals surface area contributed by atoms with Gasteiger partial charge in [0.25, 0.3) is 5.69 Å². The number of fused-ring (bicyclic) bond motifs is 1. The first-order valence-corrected chi connectivity index (χ1v) is 11.9. The summed E-state index contributed by atoms with van der Waals surface area (Å²) in [6.07, 6.45) is -0.965. The van der Waals surface area contributed by atoms with Gasteiger partial charge in [0.15, 0.2) is 23.1 Å². The maximum absolute atomic E-state index is 15.5. The molecule has 4 rings (SSSR count). The van der Waals surface area contributed by atoms with Gasteiger partial charge in [-0.2, -0.15) is 9.97 Å². The molecule has 1 aromatic carbocycles. The number of non-ortho nitro benzene ring substituents is 1. The van der Waals surface area contributed by atoms with Crippen molar-refractivity contribution in [2.24, 2.45) is 0 Å². The fraction of sp³-hybridized carbons (Fsp3) is 0.421. The first kappa shape index (κ1) is 24.7. The molecular weight excluding hydrogens is 490 g/mol. The number of halogens is 1. The van der Waals surface area contributed by atoms with Gasteiger partial charge in [0.1, 0.15) is 5.75 Å². The predicted molar refractivity (Wildman–Crippen MR) is 118 cm³/mol. The van der Waals surface area contributed by atoms with E-state index in [4.69, 9.17) is 24.3 Å². The second kappa shape index (κ2) is 9.34. The molecule has 0 aliphatic carbocycles. The van der Waals surface area contributed by atoms with Crippen LogP contribution >= 0.6 is 7.82 Å². The molecule has 3 heterocycles. The lowest BCUT2D eigenvalue weighted by Crippen LogP contribution is -2.27. The number of hydrogen-bond donors (Lipinski definition) is 2. The lowest BCUT2D eigenvalue weighted by Gasteiger charge is -2.22. The highest BCUT2D eigenvalue weighted by atomic mass is 31.2. The summed E-state index contributed by atoms with van der Waals surface area (Å²) >= 11 is 0. The van der Waals surface area contributed by atoms with Gasteiger partial charge >= 0.3 is 7.82 Å². The molecule has 0 radical (unpaired) electrons. The van der Waals surface area contributed by atoms with Crippen molar-refractivity contribution in [3.8, 4) is 11.6 Å². The van der Waals surface area contributed by atoms with Crippen LogP contribution < -0.4 is 15.0 Å². The number of rotatable bonds is 9. The van der Waals surface area contributed by atoms with E-state index in [1.54, 1.807) is 6.92 Å². The lowest BCUT2D eigenvalue weighted by molar-refractivity contribution is -0.384. The van der Waals surface area contributed by atoms with Crippen LogP contribution in [0.3, 0.4) is 0 Å². The van der Waals surface area contributed by atoms with E-state index in [-0.39, 0.29) is 40.8 Å². The van der Waals surface area contributed by atoms with Crippen molar-refractivity contribution in [1.82, 2.24) is 19.5 Å². The van der Waals surface area contributed by atoms with Gasteiger partial charge in [-0.3, -0.25) is 24.1 Å². The molecule has 1 aliphatic heterocycles. The fourth-order valence-corrected chi connectivity index (χ4v) is 4.45. The average Bonchev–Trinajstić information content (AvgIpc) is 3.32. The van der Waals surface area contributed by atoms with E-state index >= 15 is 4.39 Å². The minimum atomic E-state index is -4.63. The van der Waals surface area contributed by atoms with E-state index in [1.807, 2.05) is 0 Å². The van der Waals surface area contributed by atoms with Crippen LogP contribution in [-0.4, -0.2) is 54.3 Å². The number of ether oxygens (including phenoxy) is 2. The molecule has 3 N–H and O–H groups in total. The summed E-state index contributed by atoms with van der Waals surface area (Å²) in [6.45, 7) is 2.91. The Kier molecular flexibility index (Phi) is 6.60. The van der Waals surface area contributed by atoms with Crippen molar-refractivity contribution < 1.29 is 37.3 Å². The van der Waals surface area contributed by atoms with Gasteiger partial charge in [0, 0.05) is 18.6 Å². The highest BCUT2D eigenvalue weighted by molar-refractivity contribution is 7.47. The molecule has 0 amide bonds. The summed E-state index contributed by atoms with van der Waals surface area (Å²) in [6, 6.07) is 4.52. The Morgan fingerprint density at radius 2 is 2.11 bits per heavy atom. The molecule has 16 heteroatoms. The third-order valence-electron chi connectivity index (χ3n) is 5.10. The van der Waals surface area contributed by atoms with Gasteiger partial charge in [0.2, 0.25) is 11.8 Å². The van der Waals surface area contributed by atoms with Crippen LogP contribution in [0.5, 0.6) is 11.6 Å². The molecule has 1 aliphatic rings. The van der Waals surface area contributed by atoms with Gasteiger partial charge in [-0.05, 0) is 26.0 Å². The van der Waals surface area contributed by atoms with Crippen LogP contribution in [0, 0.1) is 10.1 Å². The number of aromatic nitrogens is 4. The zero-order valence-corrected chi connectivity index (χ0v) is 19.5. The number of nitro groups is 1. The molecule has 0 bridgehead atoms. The molecule has 1 saturated heterocycles. The number of imidazole rings is 1. The zero-order valence-electron chi connectivity index (χ0n) is 18.6. The normalized spacial score (nSPS) is 23.8. The number of phosphoric ester groups is 1. The van der Waals surface area contributed by atoms with E-state index in [9.17, 15) is 19.6 Å². The summed E-state index contributed by atoms with van der Waals surface area (Å²) < 4.78 is 50.2. The SMILES string of the molecule is CCOc1nc(N)nc2c1ncn2[C@@H]1O[C@H](COP(=O)(O)Oc2ccc([N+](=O)[O-])cc2)C[C@@]1(C)F. The Morgan fingerprint density at radius 3 is 2.77 bits per heavy atom. The molecule has 0 spiro atoms. The Balaban J connectivity index is 1.46. The third-order valence-corrected chi connectivity index (χ3v) is 6.01. The maximum Gasteiger partial charge on any atom is 0.527 e. The van der Waals surface area contributed by atoms with E-state index in [0.717, 1.165) is 24.3 Å². The van der Waals surface area contributed by atoms with Crippen LogP contribution in [-0.2, 0) is 13.8 Å². The van der Waals surface area contributed by atoms with Gasteiger partial charge in [0.05, 0.1) is 30.6 Å². The number of nitrogens with two attached hydrogens (primary N) is 1. The molecule has 1 unspecified atom stereocenters. The summed E-state index contributed by atoms with van der Waals surface area (Å²) in [4.78, 5) is 32.4. The second-order valence-electron chi connectivity index (χ2n) is 7.84. The Hall–Kier alpha value is -3.39. The first-order chi connectivity index (χ1) is 16.5. The molecule has 35 heavy (non-hydrogen) atoms. The summed E-state index contributed by atoms with van der Waals surface area (Å²) in [7, 11) is -4.63. The van der Waals surface area contributed by atoms with Crippen molar-refractivity contribution in [2.45, 2.75) is 38.3 Å². The molecule has 1 fully saturated rings. The van der Waals surface area contributed by atoms with E-state index < -0.39 is 37.4 Å². The van der Waals surface area contributed by atoms with Crippen molar-refractivity contribution in [2.75, 3.05) is 18.9 Å². The monoisotopic (exact) mass is 512 g/mol. The van der Waals surface area contributed by atoms with E-state index in [1.165, 1.54) is 17.8 Å². The molecule has 188 valence electrons. The van der Waals surface area contributed by atoms with Gasteiger partial charge < -0.3 is 19.7 Å². The number of alkyl halides is 1. The van der Waals surface area contributed by atoms with Crippen LogP contribution in [0.15, 0.2) is 30.6 Å². The average molecular weight is 512 g/mol. The number of nitro benzene ring substituents is 1. The van der Waals surface area contributed by atoms with Gasteiger partial charge in [-0.15, -0.1) is 0 Å². The molecule has 0 saturated carbocycles. The quantitative estimate of drug-likeness (QED) is 0.243. The number of phosphoric acid groups is 1. The van der Waals surface area contributed by atoms with E-state index in [0.29, 0.717) is 6.61 Å². The number of hydrogen-bond acceptors (Lipinski definition) is 11. The maximum atomic E-state index is 15.5. The first-order valence-electron chi connectivity index (χ1n) is 10.4. The summed E-state index contributed by atoms with van der Waals surface area (Å²) in [5.74, 6) is -0.0585. The number of nitrogens with zero attached hydrogens (tertiary/aromatic N) is 5. The molecule has 4 atom stereocenters. The summed E-state index contributed by atoms with van der Waals surface area (Å²) in [5.41, 5.74) is 4.09. The standard InChI is InChI=1S/C19H22FN6O8P/c1-3-31-16-14-15(23-18(21)24-16)25(10-22-14)17-19(2,20)8-13(33-17)9-32-35(29,30)34-12-6-4-11(5-7-12)26(27)28/h4-7,10,13,17H,3,8-9H2,1-2H3,(H,29,30)(H2,21,23,24)/t13-,17+,19+/m0/s1. The number of nitrogen functional groups attached to an aromatic ring is 1. The minimum Gasteiger partial charge on any atom is -0.476 e. The highest BCUT2D eigenvalue weighted by Crippen LogP contribution is 2.47. The Bertz CT molecular complexity index is 1290. The predicted octanol–water partition coefficient (Wildman–Crippen LogP) is 2.93. The smallest absolute Gasteiger partial charge is 0.476 e. The molecule has 3 aromatic rings. The van der Waals surface area contributed by atoms with Crippen molar-refractivity contribution in [3.63, 3.8) is 0 Å². The molecule has 2 aromatic heterocycles. The number of anilines is 1. The lowest BCUT2D eigenvalue weighted by atomic mass is 10.0. The van der Waals surface area contributed by atoms with Gasteiger partial charge in [-0.1, -0.05) is 0 Å². The second-order valence-corrected chi connectivity index (χ2v) is 9.22. The third kappa shape index (κ3) is 5.32. The van der Waals surface area contributed by atoms with E-state index in [2.05, 4.69) is 15.0 Å². The number of benzene rings is 1. The van der Waals surface area contributed by atoms with Crippen LogP contribution in [0.25, 0.3) is 11.2 Å². The molecular formula is C19H22FN6O8P. The highest BCUT2D eigenvalue weighted by Gasteiger charge is 2.48. The zero-order chi connectivity index (χ0) is 25.4. The van der Waals surface area contributed by atoms with Crippen LogP contribution in [0.4, 0.5) is 16.0 Å². The van der Waals surface area contributed by atoms with Crippen molar-refractivity contribution in [3.05, 3.63) is 40.7 Å². The Morgan fingerprint density at radius 1 is 1.40 bits per heavy atom. The van der Waals surface area contributed by atoms with Crippen molar-refractivity contribution in [1.29, 1.82) is 0 Å². The van der Waals surface area contributed by atoms with Gasteiger partial charge in [-0.25, -0.2) is 13.9 Å². The Labute approximate surface area is 197 Å². The van der Waals surface area contributed by atoms with Crippen molar-refractivity contribution >= 4 is 30.6 Å². The molecule has 14 nitrogen and oxygen atoms in total. The largest absolute Gasteiger partial charge is 0.527 e. The van der Waals surface area contributed by atoms with Crippen LogP contribution in [0.1, 0.15) is 26.5 Å². The minimum absolute atomic E-state index is 0.0919. The summed E-state index contributed by atoms with van der Waals surface area (Å²) in [5, 5.41) is 10.7. The van der Waals surface area contributed by atoms with Crippen LogP contribution in [0.2, 0.25) is 0 Å². The fourth-order valence-electron chi connectivity index (χ4n) is 3.65. The topological polar surface area (TPSA) is 187 Å².